The minimum atomic E-state index is -0.405. The molecule has 9 heteroatoms. The molecular formula is C24H26N6O2S. The molecule has 0 aliphatic carbocycles. The summed E-state index contributed by atoms with van der Waals surface area (Å²) in [6, 6.07) is 11.9. The van der Waals surface area contributed by atoms with Gasteiger partial charge in [0, 0.05) is 25.0 Å². The number of carbonyl (C=O) groups excluding carboxylic acids is 1. The smallest absolute Gasteiger partial charge is 0.283 e. The van der Waals surface area contributed by atoms with E-state index in [1.54, 1.807) is 6.08 Å². The lowest BCUT2D eigenvalue weighted by Crippen LogP contribution is -2.35. The zero-order chi connectivity index (χ0) is 22.8. The molecule has 3 aliphatic heterocycles. The number of aliphatic imine (C=N–C) groups is 1. The summed E-state index contributed by atoms with van der Waals surface area (Å²) in [5.41, 5.74) is 2.24. The third kappa shape index (κ3) is 4.32. The Morgan fingerprint density at radius 1 is 1.15 bits per heavy atom. The van der Waals surface area contributed by atoms with E-state index in [0.29, 0.717) is 18.3 Å². The molecule has 0 spiro atoms. The normalized spacial score (nSPS) is 19.2. The van der Waals surface area contributed by atoms with Crippen molar-refractivity contribution >= 4 is 39.9 Å². The van der Waals surface area contributed by atoms with E-state index in [1.807, 2.05) is 41.1 Å². The zero-order valence-corrected chi connectivity index (χ0v) is 19.3. The summed E-state index contributed by atoms with van der Waals surface area (Å²) in [6.45, 7) is 5.14. The second kappa shape index (κ2) is 9.27. The van der Waals surface area contributed by atoms with Crippen molar-refractivity contribution in [2.75, 3.05) is 19.7 Å². The highest BCUT2D eigenvalue weighted by molar-refractivity contribution is 8.26. The molecule has 1 aromatic heterocycles. The monoisotopic (exact) mass is 462 g/mol. The molecule has 0 unspecified atom stereocenters. The molecule has 33 heavy (non-hydrogen) atoms. The van der Waals surface area contributed by atoms with Crippen molar-refractivity contribution in [2.24, 2.45) is 10.1 Å². The number of hydrogen-bond acceptors (Lipinski definition) is 6. The quantitative estimate of drug-likeness (QED) is 0.660. The van der Waals surface area contributed by atoms with Crippen LogP contribution in [0.5, 0.6) is 5.75 Å². The molecule has 0 saturated carbocycles. The number of fused-ring (bicyclic) bond motifs is 1. The first kappa shape index (κ1) is 21.5. The van der Waals surface area contributed by atoms with E-state index < -0.39 is 5.91 Å². The highest BCUT2D eigenvalue weighted by Gasteiger charge is 2.37. The number of likely N-dealkylation sites (tertiary alicyclic amines) is 1. The molecule has 8 nitrogen and oxygen atoms in total. The van der Waals surface area contributed by atoms with Crippen molar-refractivity contribution in [3.63, 3.8) is 0 Å². The van der Waals surface area contributed by atoms with Crippen LogP contribution in [0.1, 0.15) is 31.0 Å². The van der Waals surface area contributed by atoms with Crippen molar-refractivity contribution in [3.8, 4) is 5.75 Å². The third-order valence-corrected chi connectivity index (χ3v) is 6.89. The molecular weight excluding hydrogens is 436 g/mol. The summed E-state index contributed by atoms with van der Waals surface area (Å²) in [7, 11) is 0. The number of para-hydroxylation sites is 1. The molecule has 0 bridgehead atoms. The van der Waals surface area contributed by atoms with E-state index in [2.05, 4.69) is 28.0 Å². The standard InChI is InChI=1S/C24H26N6O2S/c1-2-17-8-3-4-10-20(17)32-15-14-28-13-7-9-18(28)16-19-21(25)30-23(26-22(19)31)33-24(27-30)29-11-5-6-12-29/h3-4,7-10,13,16,25H,2,5-6,11-12,14-15H2,1H3/b19-16+,25-21?. The van der Waals surface area contributed by atoms with Crippen LogP contribution in [0.25, 0.3) is 6.08 Å². The molecule has 2 aromatic rings. The van der Waals surface area contributed by atoms with Gasteiger partial charge in [-0.3, -0.25) is 10.2 Å². The fourth-order valence-corrected chi connectivity index (χ4v) is 5.06. The predicted molar refractivity (Wildman–Crippen MR) is 132 cm³/mol. The van der Waals surface area contributed by atoms with Gasteiger partial charge in [0.05, 0.1) is 12.1 Å². The lowest BCUT2D eigenvalue weighted by atomic mass is 10.1. The van der Waals surface area contributed by atoms with Gasteiger partial charge in [-0.2, -0.15) is 10.0 Å². The van der Waals surface area contributed by atoms with Crippen molar-refractivity contribution in [1.29, 1.82) is 5.41 Å². The summed E-state index contributed by atoms with van der Waals surface area (Å²) < 4.78 is 8.01. The first-order valence-corrected chi connectivity index (χ1v) is 12.1. The summed E-state index contributed by atoms with van der Waals surface area (Å²) in [4.78, 5) is 19.1. The Kier molecular flexibility index (Phi) is 6.04. The second-order valence-corrected chi connectivity index (χ2v) is 8.97. The molecule has 1 aromatic carbocycles. The minimum absolute atomic E-state index is 0.0626. The topological polar surface area (TPSA) is 86.3 Å². The van der Waals surface area contributed by atoms with E-state index in [-0.39, 0.29) is 11.4 Å². The van der Waals surface area contributed by atoms with Crippen LogP contribution in [0.15, 0.2) is 58.3 Å². The number of ether oxygens (including phenoxy) is 1. The first-order chi connectivity index (χ1) is 16.1. The number of amidine groups is 3. The average Bonchev–Trinajstić information content (AvgIpc) is 3.58. The van der Waals surface area contributed by atoms with Gasteiger partial charge in [0.1, 0.15) is 12.4 Å². The molecule has 0 radical (unpaired) electrons. The van der Waals surface area contributed by atoms with Gasteiger partial charge in [0.15, 0.2) is 11.0 Å². The number of rotatable bonds is 6. The number of thioether (sulfide) groups is 1. The Hall–Kier alpha value is -3.33. The zero-order valence-electron chi connectivity index (χ0n) is 18.5. The molecule has 1 fully saturated rings. The predicted octanol–water partition coefficient (Wildman–Crippen LogP) is 3.80. The fourth-order valence-electron chi connectivity index (χ4n) is 4.12. The molecule has 5 rings (SSSR count). The molecule has 1 N–H and O–H groups in total. The van der Waals surface area contributed by atoms with E-state index in [4.69, 9.17) is 10.1 Å². The van der Waals surface area contributed by atoms with E-state index in [1.165, 1.54) is 22.3 Å². The fraction of sp³-hybridized carbons (Fsp3) is 0.333. The van der Waals surface area contributed by atoms with Crippen LogP contribution >= 0.6 is 11.8 Å². The van der Waals surface area contributed by atoms with Crippen LogP contribution in [0.3, 0.4) is 0 Å². The number of nitrogens with zero attached hydrogens (tertiary/aromatic N) is 5. The number of carbonyl (C=O) groups is 1. The van der Waals surface area contributed by atoms with Gasteiger partial charge in [-0.05, 0) is 60.9 Å². The average molecular weight is 463 g/mol. The highest BCUT2D eigenvalue weighted by atomic mass is 32.2. The number of aromatic nitrogens is 1. The van der Waals surface area contributed by atoms with Crippen LogP contribution in [-0.2, 0) is 17.8 Å². The maximum Gasteiger partial charge on any atom is 0.283 e. The van der Waals surface area contributed by atoms with Crippen LogP contribution in [-0.4, -0.2) is 56.3 Å². The number of amides is 1. The number of benzene rings is 1. The van der Waals surface area contributed by atoms with Gasteiger partial charge >= 0.3 is 0 Å². The maximum atomic E-state index is 12.7. The Morgan fingerprint density at radius 3 is 2.79 bits per heavy atom. The summed E-state index contributed by atoms with van der Waals surface area (Å²) in [5, 5.41) is 15.9. The molecule has 4 heterocycles. The van der Waals surface area contributed by atoms with Gasteiger partial charge in [-0.1, -0.05) is 25.1 Å². The van der Waals surface area contributed by atoms with Gasteiger partial charge in [-0.15, -0.1) is 5.10 Å². The van der Waals surface area contributed by atoms with Crippen molar-refractivity contribution in [1.82, 2.24) is 14.5 Å². The summed E-state index contributed by atoms with van der Waals surface area (Å²) in [6.07, 6.45) is 6.86. The highest BCUT2D eigenvalue weighted by Crippen LogP contribution is 2.30. The molecule has 1 amide bonds. The first-order valence-electron chi connectivity index (χ1n) is 11.2. The summed E-state index contributed by atoms with van der Waals surface area (Å²) >= 11 is 1.37. The third-order valence-electron chi connectivity index (χ3n) is 5.92. The molecule has 3 aliphatic rings. The molecule has 0 atom stereocenters. The summed E-state index contributed by atoms with van der Waals surface area (Å²) in [5.74, 6) is 0.557. The SMILES string of the molecule is CCc1ccccc1OCCn1cccc1/C=C1\C(=N)N2N=C(N3CCCC3)SC2=NC1=O. The Balaban J connectivity index is 1.30. The number of hydrazone groups is 1. The van der Waals surface area contributed by atoms with Gasteiger partial charge in [-0.25, -0.2) is 0 Å². The van der Waals surface area contributed by atoms with Crippen LogP contribution < -0.4 is 4.74 Å². The van der Waals surface area contributed by atoms with Gasteiger partial charge in [0.25, 0.3) is 5.91 Å². The van der Waals surface area contributed by atoms with Crippen LogP contribution in [0, 0.1) is 5.41 Å². The molecule has 1 saturated heterocycles. The Morgan fingerprint density at radius 2 is 1.97 bits per heavy atom. The largest absolute Gasteiger partial charge is 0.491 e. The lowest BCUT2D eigenvalue weighted by molar-refractivity contribution is -0.114. The van der Waals surface area contributed by atoms with Crippen LogP contribution in [0.2, 0.25) is 0 Å². The van der Waals surface area contributed by atoms with Gasteiger partial charge in [0.2, 0.25) is 5.17 Å². The van der Waals surface area contributed by atoms with Crippen molar-refractivity contribution in [2.45, 2.75) is 32.7 Å². The van der Waals surface area contributed by atoms with Crippen molar-refractivity contribution in [3.05, 3.63) is 59.4 Å². The Bertz CT molecular complexity index is 1180. The number of aryl methyl sites for hydroxylation is 1. The second-order valence-electron chi connectivity index (χ2n) is 8.03. The Labute approximate surface area is 197 Å². The van der Waals surface area contributed by atoms with E-state index >= 15 is 0 Å². The van der Waals surface area contributed by atoms with E-state index in [9.17, 15) is 4.79 Å². The minimum Gasteiger partial charge on any atom is -0.491 e. The van der Waals surface area contributed by atoms with Crippen molar-refractivity contribution < 1.29 is 9.53 Å². The maximum absolute atomic E-state index is 12.7. The number of hydrogen-bond donors (Lipinski definition) is 1. The van der Waals surface area contributed by atoms with Crippen LogP contribution in [0.4, 0.5) is 0 Å². The number of nitrogens with one attached hydrogen (secondary N) is 1. The lowest BCUT2D eigenvalue weighted by Gasteiger charge is -2.20. The van der Waals surface area contributed by atoms with Gasteiger partial charge < -0.3 is 14.2 Å². The molecule has 170 valence electrons. The van der Waals surface area contributed by atoms with E-state index in [0.717, 1.165) is 49.0 Å².